The van der Waals surface area contributed by atoms with Gasteiger partial charge in [-0.25, -0.2) is 12.8 Å². The van der Waals surface area contributed by atoms with Crippen LogP contribution in [0.1, 0.15) is 18.4 Å². The first-order valence-electron chi connectivity index (χ1n) is 6.33. The fourth-order valence-corrected chi connectivity index (χ4v) is 3.87. The number of rotatable bonds is 5. The van der Waals surface area contributed by atoms with Crippen molar-refractivity contribution in [3.8, 4) is 0 Å². The molecule has 7 heteroatoms. The highest BCUT2D eigenvalue weighted by atomic mass is 35.5. The second-order valence-electron chi connectivity index (χ2n) is 4.42. The van der Waals surface area contributed by atoms with Gasteiger partial charge in [0.25, 0.3) is 10.0 Å². The minimum absolute atomic E-state index is 0.0456. The number of benzene rings is 1. The van der Waals surface area contributed by atoms with E-state index < -0.39 is 15.8 Å². The molecule has 0 amide bonds. The van der Waals surface area contributed by atoms with Crippen LogP contribution in [0.3, 0.4) is 0 Å². The minimum atomic E-state index is -3.83. The molecular weight excluding hydrogens is 317 g/mol. The summed E-state index contributed by atoms with van der Waals surface area (Å²) in [5.74, 6) is 0.234. The van der Waals surface area contributed by atoms with Gasteiger partial charge in [-0.3, -0.25) is 4.31 Å². The van der Waals surface area contributed by atoms with E-state index >= 15 is 0 Å². The Morgan fingerprint density at radius 1 is 1.33 bits per heavy atom. The Labute approximate surface area is 128 Å². The maximum atomic E-state index is 13.3. The summed E-state index contributed by atoms with van der Waals surface area (Å²) in [6, 6.07) is 6.86. The molecule has 2 aromatic rings. The second kappa shape index (κ2) is 6.07. The van der Waals surface area contributed by atoms with Gasteiger partial charge in [-0.2, -0.15) is 0 Å². The predicted octanol–water partition coefficient (Wildman–Crippen LogP) is 3.68. The zero-order valence-corrected chi connectivity index (χ0v) is 13.2. The van der Waals surface area contributed by atoms with Crippen LogP contribution in [-0.2, 0) is 15.9 Å². The summed E-state index contributed by atoms with van der Waals surface area (Å²) in [6.45, 7) is 3.41. The number of furan rings is 1. The maximum Gasteiger partial charge on any atom is 0.267 e. The topological polar surface area (TPSA) is 50.5 Å². The third kappa shape index (κ3) is 3.06. The minimum Gasteiger partial charge on any atom is -0.464 e. The van der Waals surface area contributed by atoms with Crippen molar-refractivity contribution in [3.63, 3.8) is 0 Å². The molecule has 0 radical (unpaired) electrons. The van der Waals surface area contributed by atoms with E-state index in [4.69, 9.17) is 16.0 Å². The Kier molecular flexibility index (Phi) is 4.58. The lowest BCUT2D eigenvalue weighted by Crippen LogP contribution is -2.31. The lowest BCUT2D eigenvalue weighted by atomic mass is 10.3. The van der Waals surface area contributed by atoms with Crippen LogP contribution in [0.5, 0.6) is 0 Å². The number of halogens is 2. The molecule has 1 aromatic carbocycles. The molecule has 21 heavy (non-hydrogen) atoms. The SMILES string of the molecule is CCN(c1cccc(F)c1)S(=O)(=O)c1cc(CCl)oc1C. The lowest BCUT2D eigenvalue weighted by Gasteiger charge is -2.22. The van der Waals surface area contributed by atoms with Gasteiger partial charge in [0, 0.05) is 12.6 Å². The van der Waals surface area contributed by atoms with Crippen molar-refractivity contribution in [2.24, 2.45) is 0 Å². The van der Waals surface area contributed by atoms with E-state index in [9.17, 15) is 12.8 Å². The molecule has 0 aliphatic carbocycles. The number of sulfonamides is 1. The summed E-state index contributed by atoms with van der Waals surface area (Å²) in [7, 11) is -3.83. The van der Waals surface area contributed by atoms with E-state index in [1.54, 1.807) is 19.9 Å². The normalized spacial score (nSPS) is 11.6. The van der Waals surface area contributed by atoms with Crippen LogP contribution in [0.2, 0.25) is 0 Å². The average Bonchev–Trinajstić information content (AvgIpc) is 2.81. The molecule has 1 aromatic heterocycles. The van der Waals surface area contributed by atoms with Gasteiger partial charge in [-0.1, -0.05) is 6.07 Å². The highest BCUT2D eigenvalue weighted by Gasteiger charge is 2.28. The van der Waals surface area contributed by atoms with Gasteiger partial charge in [0.05, 0.1) is 11.6 Å². The van der Waals surface area contributed by atoms with Crippen LogP contribution >= 0.6 is 11.6 Å². The van der Waals surface area contributed by atoms with E-state index in [0.29, 0.717) is 5.76 Å². The van der Waals surface area contributed by atoms with Crippen LogP contribution in [0.4, 0.5) is 10.1 Å². The number of hydrogen-bond acceptors (Lipinski definition) is 3. The van der Waals surface area contributed by atoms with Gasteiger partial charge >= 0.3 is 0 Å². The van der Waals surface area contributed by atoms with Crippen molar-refractivity contribution in [3.05, 3.63) is 47.7 Å². The molecule has 0 unspecified atom stereocenters. The Morgan fingerprint density at radius 2 is 2.05 bits per heavy atom. The standard InChI is InChI=1S/C14H15ClFNO3S/c1-3-17(12-6-4-5-11(16)7-12)21(18,19)14-8-13(9-15)20-10(14)2/h4-8H,3,9H2,1-2H3. The highest BCUT2D eigenvalue weighted by molar-refractivity contribution is 7.92. The first kappa shape index (κ1) is 15.9. The lowest BCUT2D eigenvalue weighted by molar-refractivity contribution is 0.492. The average molecular weight is 332 g/mol. The molecule has 0 aliphatic heterocycles. The summed E-state index contributed by atoms with van der Waals surface area (Å²) in [4.78, 5) is 0.0456. The Balaban J connectivity index is 2.51. The molecular formula is C14H15ClFNO3S. The van der Waals surface area contributed by atoms with Crippen LogP contribution in [0.25, 0.3) is 0 Å². The van der Waals surface area contributed by atoms with E-state index in [0.717, 1.165) is 4.31 Å². The number of anilines is 1. The number of hydrogen-bond donors (Lipinski definition) is 0. The van der Waals surface area contributed by atoms with E-state index in [-0.39, 0.29) is 28.8 Å². The Bertz CT molecular complexity index is 742. The Morgan fingerprint density at radius 3 is 2.57 bits per heavy atom. The fraction of sp³-hybridized carbons (Fsp3) is 0.286. The summed E-state index contributed by atoms with van der Waals surface area (Å²) in [5.41, 5.74) is 0.269. The van der Waals surface area contributed by atoms with Crippen molar-refractivity contribution in [2.45, 2.75) is 24.6 Å². The molecule has 0 saturated heterocycles. The number of alkyl halides is 1. The number of aryl methyl sites for hydroxylation is 1. The largest absolute Gasteiger partial charge is 0.464 e. The first-order valence-corrected chi connectivity index (χ1v) is 8.31. The van der Waals surface area contributed by atoms with Gasteiger partial charge < -0.3 is 4.42 Å². The van der Waals surface area contributed by atoms with Gasteiger partial charge in [0.2, 0.25) is 0 Å². The van der Waals surface area contributed by atoms with Gasteiger partial charge in [0.15, 0.2) is 0 Å². The van der Waals surface area contributed by atoms with Crippen molar-refractivity contribution in [1.29, 1.82) is 0 Å². The molecule has 2 rings (SSSR count). The summed E-state index contributed by atoms with van der Waals surface area (Å²) >= 11 is 5.66. The van der Waals surface area contributed by atoms with Gasteiger partial charge in [-0.15, -0.1) is 11.6 Å². The molecule has 0 aliphatic rings. The maximum absolute atomic E-state index is 13.3. The zero-order chi connectivity index (χ0) is 15.6. The summed E-state index contributed by atoms with van der Waals surface area (Å²) in [5, 5.41) is 0. The van der Waals surface area contributed by atoms with Crippen LogP contribution in [0, 0.1) is 12.7 Å². The third-order valence-corrected chi connectivity index (χ3v) is 5.28. The molecule has 0 saturated carbocycles. The molecule has 0 N–H and O–H groups in total. The quantitative estimate of drug-likeness (QED) is 0.785. The third-order valence-electron chi connectivity index (χ3n) is 3.01. The first-order chi connectivity index (χ1) is 9.90. The van der Waals surface area contributed by atoms with Crippen molar-refractivity contribution >= 4 is 27.3 Å². The Hall–Kier alpha value is -1.53. The van der Waals surface area contributed by atoms with Crippen LogP contribution < -0.4 is 4.31 Å². The van der Waals surface area contributed by atoms with Crippen molar-refractivity contribution < 1.29 is 17.2 Å². The van der Waals surface area contributed by atoms with E-state index in [1.165, 1.54) is 24.3 Å². The molecule has 0 spiro atoms. The predicted molar refractivity (Wildman–Crippen MR) is 79.6 cm³/mol. The van der Waals surface area contributed by atoms with Gasteiger partial charge in [0.1, 0.15) is 22.2 Å². The van der Waals surface area contributed by atoms with Crippen LogP contribution in [0.15, 0.2) is 39.6 Å². The summed E-state index contributed by atoms with van der Waals surface area (Å²) in [6.07, 6.45) is 0. The van der Waals surface area contributed by atoms with Crippen LogP contribution in [-0.4, -0.2) is 15.0 Å². The van der Waals surface area contributed by atoms with Crippen molar-refractivity contribution in [1.82, 2.24) is 0 Å². The molecule has 1 heterocycles. The second-order valence-corrected chi connectivity index (χ2v) is 6.51. The van der Waals surface area contributed by atoms with Crippen molar-refractivity contribution in [2.75, 3.05) is 10.8 Å². The molecule has 0 bridgehead atoms. The highest BCUT2D eigenvalue weighted by Crippen LogP contribution is 2.28. The number of nitrogens with zero attached hydrogens (tertiary/aromatic N) is 1. The van der Waals surface area contributed by atoms with Gasteiger partial charge in [-0.05, 0) is 32.0 Å². The fourth-order valence-electron chi connectivity index (χ4n) is 2.09. The van der Waals surface area contributed by atoms with E-state index in [2.05, 4.69) is 0 Å². The molecule has 0 atom stereocenters. The molecule has 4 nitrogen and oxygen atoms in total. The molecule has 0 fully saturated rings. The smallest absolute Gasteiger partial charge is 0.267 e. The zero-order valence-electron chi connectivity index (χ0n) is 11.6. The van der Waals surface area contributed by atoms with E-state index in [1.807, 2.05) is 0 Å². The molecule has 114 valence electrons. The summed E-state index contributed by atoms with van der Waals surface area (Å²) < 4.78 is 45.2. The monoisotopic (exact) mass is 331 g/mol.